The topological polar surface area (TPSA) is 74.8 Å². The maximum absolute atomic E-state index is 12.8. The fourth-order valence-corrected chi connectivity index (χ4v) is 3.29. The number of aromatic nitrogens is 2. The van der Waals surface area contributed by atoms with Crippen LogP contribution in [0.25, 0.3) is 11.4 Å². The molecular formula is C20H14F3N3O2. The molecule has 3 aromatic rings. The summed E-state index contributed by atoms with van der Waals surface area (Å²) in [7, 11) is 0. The van der Waals surface area contributed by atoms with Crippen molar-refractivity contribution in [1.82, 2.24) is 9.97 Å². The molecule has 1 amide bonds. The molecule has 2 N–H and O–H groups in total. The fraction of sp³-hybridized carbons (Fsp3) is 0.150. The third-order valence-electron chi connectivity index (χ3n) is 4.64. The van der Waals surface area contributed by atoms with E-state index in [1.54, 1.807) is 24.3 Å². The average molecular weight is 385 g/mol. The quantitative estimate of drug-likeness (QED) is 0.702. The summed E-state index contributed by atoms with van der Waals surface area (Å²) in [5, 5.41) is 2.60. The van der Waals surface area contributed by atoms with Crippen LogP contribution < -0.4 is 10.9 Å². The van der Waals surface area contributed by atoms with Crippen molar-refractivity contribution >= 4 is 11.7 Å². The standard InChI is InChI=1S/C20H14F3N3O2/c21-20(22,23)13-8-6-11(7-9-13)14-10-15(27)24-18-16(14)19(28)26-17(25-18)12-4-2-1-3-5-12/h1-9,14H,10H2,(H2,24,25,26,27,28)/t14-/m0/s1. The Morgan fingerprint density at radius 2 is 1.64 bits per heavy atom. The molecule has 28 heavy (non-hydrogen) atoms. The molecular weight excluding hydrogens is 371 g/mol. The first-order valence-corrected chi connectivity index (χ1v) is 8.49. The first kappa shape index (κ1) is 18.0. The molecule has 1 atom stereocenters. The summed E-state index contributed by atoms with van der Waals surface area (Å²) >= 11 is 0. The van der Waals surface area contributed by atoms with Crippen LogP contribution in [0, 0.1) is 0 Å². The van der Waals surface area contributed by atoms with Crippen LogP contribution in [0.2, 0.25) is 0 Å². The molecule has 0 spiro atoms. The number of anilines is 1. The molecule has 4 rings (SSSR count). The summed E-state index contributed by atoms with van der Waals surface area (Å²) in [6.45, 7) is 0. The van der Waals surface area contributed by atoms with Crippen LogP contribution in [-0.2, 0) is 11.0 Å². The molecule has 8 heteroatoms. The highest BCUT2D eigenvalue weighted by atomic mass is 19.4. The van der Waals surface area contributed by atoms with Gasteiger partial charge in [-0.25, -0.2) is 4.98 Å². The van der Waals surface area contributed by atoms with Crippen molar-refractivity contribution in [1.29, 1.82) is 0 Å². The summed E-state index contributed by atoms with van der Waals surface area (Å²) in [6.07, 6.45) is -4.50. The summed E-state index contributed by atoms with van der Waals surface area (Å²) in [5.41, 5.74) is 0.133. The van der Waals surface area contributed by atoms with Crippen molar-refractivity contribution in [3.63, 3.8) is 0 Å². The van der Waals surface area contributed by atoms with E-state index in [1.807, 2.05) is 6.07 Å². The minimum atomic E-state index is -4.45. The number of benzene rings is 2. The second-order valence-corrected chi connectivity index (χ2v) is 6.47. The Morgan fingerprint density at radius 1 is 0.964 bits per heavy atom. The van der Waals surface area contributed by atoms with Crippen molar-refractivity contribution in [2.75, 3.05) is 5.32 Å². The van der Waals surface area contributed by atoms with Gasteiger partial charge in [0.2, 0.25) is 5.91 Å². The first-order valence-electron chi connectivity index (χ1n) is 8.49. The fourth-order valence-electron chi connectivity index (χ4n) is 3.29. The van der Waals surface area contributed by atoms with Gasteiger partial charge in [0.05, 0.1) is 11.1 Å². The summed E-state index contributed by atoms with van der Waals surface area (Å²) in [5.74, 6) is -0.594. The Morgan fingerprint density at radius 3 is 2.29 bits per heavy atom. The van der Waals surface area contributed by atoms with Gasteiger partial charge in [-0.1, -0.05) is 42.5 Å². The van der Waals surface area contributed by atoms with Gasteiger partial charge in [0.1, 0.15) is 11.6 Å². The van der Waals surface area contributed by atoms with Crippen LogP contribution in [-0.4, -0.2) is 15.9 Å². The number of amides is 1. The van der Waals surface area contributed by atoms with Crippen LogP contribution in [0.3, 0.4) is 0 Å². The van der Waals surface area contributed by atoms with Crippen molar-refractivity contribution in [2.45, 2.75) is 18.5 Å². The highest BCUT2D eigenvalue weighted by Crippen LogP contribution is 2.36. The van der Waals surface area contributed by atoms with Gasteiger partial charge in [0.25, 0.3) is 5.56 Å². The largest absolute Gasteiger partial charge is 0.416 e. The molecule has 0 saturated heterocycles. The number of alkyl halides is 3. The van der Waals surface area contributed by atoms with Crippen LogP contribution >= 0.6 is 0 Å². The summed E-state index contributed by atoms with van der Waals surface area (Å²) in [4.78, 5) is 32.0. The molecule has 1 aliphatic heterocycles. The number of carbonyl (C=O) groups is 1. The third kappa shape index (κ3) is 3.28. The third-order valence-corrected chi connectivity index (χ3v) is 4.64. The minimum Gasteiger partial charge on any atom is -0.310 e. The molecule has 0 bridgehead atoms. The number of H-pyrrole nitrogens is 1. The lowest BCUT2D eigenvalue weighted by Crippen LogP contribution is -2.31. The zero-order valence-electron chi connectivity index (χ0n) is 14.4. The van der Waals surface area contributed by atoms with Gasteiger partial charge >= 0.3 is 6.18 Å². The van der Waals surface area contributed by atoms with Crippen LogP contribution in [0.5, 0.6) is 0 Å². The number of rotatable bonds is 2. The zero-order valence-corrected chi connectivity index (χ0v) is 14.4. The van der Waals surface area contributed by atoms with E-state index in [9.17, 15) is 22.8 Å². The Labute approximate surface area is 157 Å². The molecule has 2 heterocycles. The molecule has 1 aliphatic rings. The van der Waals surface area contributed by atoms with Gasteiger partial charge in [-0.05, 0) is 17.7 Å². The predicted octanol–water partition coefficient (Wildman–Crippen LogP) is 3.93. The SMILES string of the molecule is O=C1C[C@@H](c2ccc(C(F)(F)F)cc2)c2c(nc(-c3ccccc3)[nH]c2=O)N1. The minimum absolute atomic E-state index is 0.0478. The average Bonchev–Trinajstić information content (AvgIpc) is 2.67. The van der Waals surface area contributed by atoms with Crippen molar-refractivity contribution in [2.24, 2.45) is 0 Å². The van der Waals surface area contributed by atoms with Crippen molar-refractivity contribution in [3.8, 4) is 11.4 Å². The summed E-state index contributed by atoms with van der Waals surface area (Å²) in [6, 6.07) is 13.4. The molecule has 0 fully saturated rings. The molecule has 0 saturated carbocycles. The normalized spacial score (nSPS) is 16.4. The second kappa shape index (κ2) is 6.63. The lowest BCUT2D eigenvalue weighted by atomic mass is 9.86. The molecule has 0 aliphatic carbocycles. The lowest BCUT2D eigenvalue weighted by Gasteiger charge is -2.25. The van der Waals surface area contributed by atoms with E-state index in [0.29, 0.717) is 17.0 Å². The number of aromatic amines is 1. The number of nitrogens with one attached hydrogen (secondary N) is 2. The van der Waals surface area contributed by atoms with Gasteiger partial charge in [-0.15, -0.1) is 0 Å². The molecule has 5 nitrogen and oxygen atoms in total. The number of carbonyl (C=O) groups excluding carboxylic acids is 1. The number of hydrogen-bond acceptors (Lipinski definition) is 3. The zero-order chi connectivity index (χ0) is 19.9. The molecule has 0 unspecified atom stereocenters. The molecule has 2 aromatic carbocycles. The van der Waals surface area contributed by atoms with Gasteiger partial charge in [-0.2, -0.15) is 13.2 Å². The van der Waals surface area contributed by atoms with Gasteiger partial charge < -0.3 is 10.3 Å². The Balaban J connectivity index is 1.79. The second-order valence-electron chi connectivity index (χ2n) is 6.47. The highest BCUT2D eigenvalue weighted by Gasteiger charge is 2.33. The van der Waals surface area contributed by atoms with Crippen LogP contribution in [0.15, 0.2) is 59.4 Å². The number of nitrogens with zero attached hydrogens (tertiary/aromatic N) is 1. The van der Waals surface area contributed by atoms with E-state index in [4.69, 9.17) is 0 Å². The van der Waals surface area contributed by atoms with E-state index in [0.717, 1.165) is 12.1 Å². The molecule has 1 aromatic heterocycles. The predicted molar refractivity (Wildman–Crippen MR) is 96.8 cm³/mol. The molecule has 0 radical (unpaired) electrons. The first-order chi connectivity index (χ1) is 13.3. The Kier molecular flexibility index (Phi) is 4.26. The summed E-state index contributed by atoms with van der Waals surface area (Å²) < 4.78 is 38.4. The van der Waals surface area contributed by atoms with Gasteiger partial charge in [0, 0.05) is 17.9 Å². The monoisotopic (exact) mass is 385 g/mol. The number of fused-ring (bicyclic) bond motifs is 1. The van der Waals surface area contributed by atoms with E-state index in [2.05, 4.69) is 15.3 Å². The van der Waals surface area contributed by atoms with Gasteiger partial charge in [-0.3, -0.25) is 9.59 Å². The van der Waals surface area contributed by atoms with Gasteiger partial charge in [0.15, 0.2) is 0 Å². The van der Waals surface area contributed by atoms with E-state index < -0.39 is 23.2 Å². The van der Waals surface area contributed by atoms with E-state index >= 15 is 0 Å². The smallest absolute Gasteiger partial charge is 0.310 e. The Bertz CT molecular complexity index is 1090. The van der Waals surface area contributed by atoms with Crippen molar-refractivity contribution in [3.05, 3.63) is 81.6 Å². The number of hydrogen-bond donors (Lipinski definition) is 2. The molecule has 142 valence electrons. The van der Waals surface area contributed by atoms with Crippen molar-refractivity contribution < 1.29 is 18.0 Å². The highest BCUT2D eigenvalue weighted by molar-refractivity contribution is 5.94. The van der Waals surface area contributed by atoms with Crippen LogP contribution in [0.1, 0.15) is 29.0 Å². The lowest BCUT2D eigenvalue weighted by molar-refractivity contribution is -0.137. The van der Waals surface area contributed by atoms with Crippen LogP contribution in [0.4, 0.5) is 19.0 Å². The Hall–Kier alpha value is -3.42. The van der Waals surface area contributed by atoms with E-state index in [1.165, 1.54) is 12.1 Å². The number of halogens is 3. The maximum Gasteiger partial charge on any atom is 0.416 e. The van der Waals surface area contributed by atoms with E-state index in [-0.39, 0.29) is 23.7 Å². The maximum atomic E-state index is 12.8.